The molecular formula is C14H15Cl2NO3. The van der Waals surface area contributed by atoms with E-state index in [-0.39, 0.29) is 33.4 Å². The fraction of sp³-hybridized carbons (Fsp3) is 0.429. The minimum absolute atomic E-state index is 0.0299. The van der Waals surface area contributed by atoms with E-state index in [1.807, 2.05) is 0 Å². The Hall–Kier alpha value is -1.26. The summed E-state index contributed by atoms with van der Waals surface area (Å²) < 4.78 is 0. The fourth-order valence-electron chi connectivity index (χ4n) is 2.63. The van der Waals surface area contributed by atoms with Gasteiger partial charge < -0.3 is 10.4 Å². The van der Waals surface area contributed by atoms with Crippen molar-refractivity contribution in [1.29, 1.82) is 0 Å². The zero-order valence-corrected chi connectivity index (χ0v) is 12.2. The summed E-state index contributed by atoms with van der Waals surface area (Å²) in [6.45, 7) is 0.331. The van der Waals surface area contributed by atoms with E-state index in [2.05, 4.69) is 5.32 Å². The van der Waals surface area contributed by atoms with Crippen molar-refractivity contribution in [1.82, 2.24) is 5.32 Å². The van der Waals surface area contributed by atoms with E-state index >= 15 is 0 Å². The average molecular weight is 316 g/mol. The Bertz CT molecular complexity index is 513. The summed E-state index contributed by atoms with van der Waals surface area (Å²) in [7, 11) is 0. The highest BCUT2D eigenvalue weighted by Crippen LogP contribution is 2.31. The number of hydrogen-bond donors (Lipinski definition) is 2. The lowest BCUT2D eigenvalue weighted by Gasteiger charge is -2.16. The summed E-state index contributed by atoms with van der Waals surface area (Å²) in [6, 6.07) is 4.86. The van der Waals surface area contributed by atoms with Gasteiger partial charge in [0.2, 0.25) is 0 Å². The first kappa shape index (κ1) is 15.1. The molecule has 6 heteroatoms. The molecule has 4 nitrogen and oxygen atoms in total. The molecule has 108 valence electrons. The summed E-state index contributed by atoms with van der Waals surface area (Å²) in [5.41, 5.74) is 0.237. The molecule has 1 fully saturated rings. The van der Waals surface area contributed by atoms with Gasteiger partial charge in [0.15, 0.2) is 0 Å². The molecule has 0 aliphatic heterocycles. The summed E-state index contributed by atoms with van der Waals surface area (Å²) >= 11 is 11.9. The molecular weight excluding hydrogens is 301 g/mol. The third-order valence-electron chi connectivity index (χ3n) is 3.69. The zero-order chi connectivity index (χ0) is 14.7. The van der Waals surface area contributed by atoms with Crippen molar-refractivity contribution >= 4 is 35.1 Å². The van der Waals surface area contributed by atoms with Gasteiger partial charge >= 0.3 is 5.97 Å². The standard InChI is InChI=1S/C14H15Cl2NO3/c15-10-5-2-6-11(16)12(10)13(18)17-7-8-3-1-4-9(8)14(19)20/h2,5-6,8-9H,1,3-4,7H2,(H,17,18)(H,19,20). The Labute approximate surface area is 127 Å². The van der Waals surface area contributed by atoms with Crippen molar-refractivity contribution in [3.63, 3.8) is 0 Å². The van der Waals surface area contributed by atoms with Crippen LogP contribution in [0, 0.1) is 11.8 Å². The first-order valence-corrected chi connectivity index (χ1v) is 7.21. The Morgan fingerprint density at radius 2 is 1.90 bits per heavy atom. The smallest absolute Gasteiger partial charge is 0.306 e. The SMILES string of the molecule is O=C(NCC1CCCC1C(=O)O)c1c(Cl)cccc1Cl. The molecule has 0 radical (unpaired) electrons. The first-order chi connectivity index (χ1) is 9.50. The summed E-state index contributed by atoms with van der Waals surface area (Å²) in [5, 5.41) is 12.4. The first-order valence-electron chi connectivity index (χ1n) is 6.45. The van der Waals surface area contributed by atoms with Crippen LogP contribution in [0.25, 0.3) is 0 Å². The Kier molecular flexibility index (Phi) is 4.89. The average Bonchev–Trinajstić information content (AvgIpc) is 2.84. The number of rotatable bonds is 4. The van der Waals surface area contributed by atoms with Crippen LogP contribution in [0.4, 0.5) is 0 Å². The van der Waals surface area contributed by atoms with Gasteiger partial charge in [0.1, 0.15) is 0 Å². The van der Waals surface area contributed by atoms with Crippen LogP contribution in [-0.2, 0) is 4.79 Å². The highest BCUT2D eigenvalue weighted by molar-refractivity contribution is 6.39. The van der Waals surface area contributed by atoms with E-state index < -0.39 is 5.97 Å². The summed E-state index contributed by atoms with van der Waals surface area (Å²) in [6.07, 6.45) is 2.36. The van der Waals surface area contributed by atoms with Crippen LogP contribution in [0.3, 0.4) is 0 Å². The van der Waals surface area contributed by atoms with Crippen molar-refractivity contribution in [2.24, 2.45) is 11.8 Å². The van der Waals surface area contributed by atoms with Crippen LogP contribution in [0.5, 0.6) is 0 Å². The summed E-state index contributed by atoms with van der Waals surface area (Å²) in [4.78, 5) is 23.2. The van der Waals surface area contributed by atoms with Crippen molar-refractivity contribution in [3.8, 4) is 0 Å². The second-order valence-electron chi connectivity index (χ2n) is 4.94. The van der Waals surface area contributed by atoms with Crippen LogP contribution < -0.4 is 5.32 Å². The number of aliphatic carboxylic acids is 1. The molecule has 1 aromatic carbocycles. The lowest BCUT2D eigenvalue weighted by molar-refractivity contribution is -0.142. The van der Waals surface area contributed by atoms with Gasteiger partial charge in [-0.3, -0.25) is 9.59 Å². The van der Waals surface area contributed by atoms with Gasteiger partial charge in [-0.2, -0.15) is 0 Å². The van der Waals surface area contributed by atoms with E-state index in [1.165, 1.54) is 0 Å². The van der Waals surface area contributed by atoms with Crippen LogP contribution in [-0.4, -0.2) is 23.5 Å². The van der Waals surface area contributed by atoms with E-state index in [0.29, 0.717) is 13.0 Å². The molecule has 0 aromatic heterocycles. The van der Waals surface area contributed by atoms with Gasteiger partial charge in [-0.05, 0) is 30.9 Å². The lowest BCUT2D eigenvalue weighted by atomic mass is 9.96. The molecule has 2 rings (SSSR count). The number of halogens is 2. The molecule has 20 heavy (non-hydrogen) atoms. The maximum Gasteiger partial charge on any atom is 0.306 e. The molecule has 1 amide bonds. The maximum atomic E-state index is 12.1. The summed E-state index contributed by atoms with van der Waals surface area (Å²) in [5.74, 6) is -1.57. The molecule has 0 saturated heterocycles. The van der Waals surface area contributed by atoms with Crippen molar-refractivity contribution in [3.05, 3.63) is 33.8 Å². The molecule has 2 unspecified atom stereocenters. The van der Waals surface area contributed by atoms with Gasteiger partial charge in [0.25, 0.3) is 5.91 Å². The van der Waals surface area contributed by atoms with Crippen LogP contribution in [0.1, 0.15) is 29.6 Å². The van der Waals surface area contributed by atoms with Gasteiger partial charge in [0.05, 0.1) is 21.5 Å². The minimum atomic E-state index is -0.794. The Morgan fingerprint density at radius 3 is 2.50 bits per heavy atom. The zero-order valence-electron chi connectivity index (χ0n) is 10.7. The predicted octanol–water partition coefficient (Wildman–Crippen LogP) is 3.22. The van der Waals surface area contributed by atoms with Crippen LogP contribution >= 0.6 is 23.2 Å². The second kappa shape index (κ2) is 6.46. The number of carbonyl (C=O) groups is 2. The van der Waals surface area contributed by atoms with E-state index in [1.54, 1.807) is 18.2 Å². The van der Waals surface area contributed by atoms with E-state index in [9.17, 15) is 9.59 Å². The van der Waals surface area contributed by atoms with Gasteiger partial charge in [0, 0.05) is 6.54 Å². The normalized spacial score (nSPS) is 21.7. The molecule has 0 heterocycles. The van der Waals surface area contributed by atoms with Crippen LogP contribution in [0.2, 0.25) is 10.0 Å². The molecule has 1 aliphatic rings. The molecule has 1 aromatic rings. The van der Waals surface area contributed by atoms with Gasteiger partial charge in [-0.15, -0.1) is 0 Å². The molecule has 2 N–H and O–H groups in total. The van der Waals surface area contributed by atoms with Crippen molar-refractivity contribution < 1.29 is 14.7 Å². The number of carbonyl (C=O) groups excluding carboxylic acids is 1. The third kappa shape index (κ3) is 3.25. The van der Waals surface area contributed by atoms with Crippen LogP contribution in [0.15, 0.2) is 18.2 Å². The predicted molar refractivity (Wildman–Crippen MR) is 77.3 cm³/mol. The highest BCUT2D eigenvalue weighted by Gasteiger charge is 2.33. The number of benzene rings is 1. The number of amides is 1. The second-order valence-corrected chi connectivity index (χ2v) is 5.76. The van der Waals surface area contributed by atoms with E-state index in [4.69, 9.17) is 28.3 Å². The number of carboxylic acid groups (broad SMARTS) is 1. The van der Waals surface area contributed by atoms with Gasteiger partial charge in [-0.25, -0.2) is 0 Å². The Morgan fingerprint density at radius 1 is 1.25 bits per heavy atom. The minimum Gasteiger partial charge on any atom is -0.481 e. The molecule has 1 saturated carbocycles. The van der Waals surface area contributed by atoms with Crippen molar-refractivity contribution in [2.75, 3.05) is 6.54 Å². The third-order valence-corrected chi connectivity index (χ3v) is 4.32. The molecule has 0 bridgehead atoms. The topological polar surface area (TPSA) is 66.4 Å². The van der Waals surface area contributed by atoms with E-state index in [0.717, 1.165) is 12.8 Å². The van der Waals surface area contributed by atoms with Crippen molar-refractivity contribution in [2.45, 2.75) is 19.3 Å². The maximum absolute atomic E-state index is 12.1. The fourth-order valence-corrected chi connectivity index (χ4v) is 3.20. The monoisotopic (exact) mass is 315 g/mol. The molecule has 2 atom stereocenters. The largest absolute Gasteiger partial charge is 0.481 e. The molecule has 0 spiro atoms. The lowest BCUT2D eigenvalue weighted by Crippen LogP contribution is -2.33. The highest BCUT2D eigenvalue weighted by atomic mass is 35.5. The quantitative estimate of drug-likeness (QED) is 0.896. The molecule has 1 aliphatic carbocycles. The number of nitrogens with one attached hydrogen (secondary N) is 1. The number of hydrogen-bond acceptors (Lipinski definition) is 2. The number of carboxylic acids is 1. The Balaban J connectivity index is 2.01. The van der Waals surface area contributed by atoms with Gasteiger partial charge in [-0.1, -0.05) is 35.7 Å².